The first kappa shape index (κ1) is 61.4. The fraction of sp³-hybridized carbons (Fsp3) is 0.944. The fourth-order valence-corrected chi connectivity index (χ4v) is 15.9. The highest BCUT2D eigenvalue weighted by Crippen LogP contribution is 2.73. The molecule has 7 fully saturated rings. The molecule has 4 aliphatic carbocycles. The van der Waals surface area contributed by atoms with Gasteiger partial charge in [0.15, 0.2) is 31.3 Å². The highest BCUT2D eigenvalue weighted by Gasteiger charge is 2.68. The molecule has 444 valence electrons. The molecule has 8 rings (SSSR count). The molecular formula is C54H90O23. The summed E-state index contributed by atoms with van der Waals surface area (Å²) in [7, 11) is 0. The van der Waals surface area contributed by atoms with Gasteiger partial charge in [-0.2, -0.15) is 0 Å². The number of ether oxygens (including phenoxy) is 8. The first-order valence-corrected chi connectivity index (χ1v) is 27.8. The number of aliphatic carboxylic acids is 1. The third-order valence-corrected chi connectivity index (χ3v) is 20.9. The number of fused-ring (bicyclic) bond motifs is 3. The van der Waals surface area contributed by atoms with Gasteiger partial charge in [-0.05, 0) is 104 Å². The monoisotopic (exact) mass is 1110 g/mol. The number of allylic oxidation sites excluding steroid dienone is 2. The van der Waals surface area contributed by atoms with Gasteiger partial charge in [0.2, 0.25) is 0 Å². The van der Waals surface area contributed by atoms with Crippen LogP contribution in [0.25, 0.3) is 0 Å². The summed E-state index contributed by atoms with van der Waals surface area (Å²) in [5, 5.41) is 153. The second-order valence-electron chi connectivity index (χ2n) is 25.7. The Morgan fingerprint density at radius 2 is 1.16 bits per heavy atom. The van der Waals surface area contributed by atoms with Crippen molar-refractivity contribution >= 4 is 5.97 Å². The second-order valence-corrected chi connectivity index (χ2v) is 25.7. The molecule has 77 heavy (non-hydrogen) atoms. The predicted molar refractivity (Wildman–Crippen MR) is 265 cm³/mol. The Kier molecular flexibility index (Phi) is 18.2. The van der Waals surface area contributed by atoms with Crippen molar-refractivity contribution in [2.45, 2.75) is 249 Å². The number of carbonyl (C=O) groups is 1. The minimum Gasteiger partial charge on any atom is -0.479 e. The Balaban J connectivity index is 1.11. The van der Waals surface area contributed by atoms with E-state index >= 15 is 0 Å². The summed E-state index contributed by atoms with van der Waals surface area (Å²) >= 11 is 0. The minimum atomic E-state index is -2.21. The highest BCUT2D eigenvalue weighted by atomic mass is 16.8. The molecule has 30 unspecified atom stereocenters. The Hall–Kier alpha value is -1.63. The summed E-state index contributed by atoms with van der Waals surface area (Å²) in [6.07, 6.45) is -30.5. The van der Waals surface area contributed by atoms with Gasteiger partial charge in [0.1, 0.15) is 85.5 Å². The summed E-state index contributed by atoms with van der Waals surface area (Å²) in [6.45, 7) is 17.1. The number of hydrogen-bond acceptors (Lipinski definition) is 22. The molecule has 3 saturated carbocycles. The van der Waals surface area contributed by atoms with E-state index in [1.165, 1.54) is 12.5 Å². The van der Waals surface area contributed by atoms with Gasteiger partial charge in [-0.1, -0.05) is 67.0 Å². The van der Waals surface area contributed by atoms with E-state index in [0.29, 0.717) is 19.3 Å². The average molecular weight is 1110 g/mol. The molecule has 4 aliphatic heterocycles. The standard InChI is InChI=1S/C54H90O23/c1-10-53(8)25(24-17-50(4,5)18-26(58)22(24)2)11-12-30-51(6)15-14-31(52(7,21-57)29(51)13-16-54(30,53)9)73-49-43(76-47-39(66)36(63)33(60)27(19-55)71-47)40(67)41(44(77-49)45(68)69)74-48-42(37(64)34(61)28(20-56)72-48)75-46-38(65)35(62)32(59)23(3)70-46/h11,22-24,26-44,46-49,55-67H,10,12-21H2,1-9H3,(H,68,69). The quantitative estimate of drug-likeness (QED) is 0.0716. The Morgan fingerprint density at radius 3 is 1.74 bits per heavy atom. The molecule has 30 atom stereocenters. The van der Waals surface area contributed by atoms with Crippen molar-refractivity contribution in [2.24, 2.45) is 50.7 Å². The number of aliphatic hydroxyl groups excluding tert-OH is 13. The van der Waals surface area contributed by atoms with Gasteiger partial charge in [0, 0.05) is 5.41 Å². The largest absolute Gasteiger partial charge is 0.479 e. The molecule has 0 spiro atoms. The molecule has 0 radical (unpaired) electrons. The van der Waals surface area contributed by atoms with E-state index in [9.17, 15) is 76.3 Å². The lowest BCUT2D eigenvalue weighted by molar-refractivity contribution is -0.401. The third-order valence-electron chi connectivity index (χ3n) is 20.9. The molecule has 0 bridgehead atoms. The second kappa shape index (κ2) is 22.8. The summed E-state index contributed by atoms with van der Waals surface area (Å²) in [6, 6.07) is 0. The van der Waals surface area contributed by atoms with Crippen LogP contribution in [0, 0.1) is 50.7 Å². The fourth-order valence-electron chi connectivity index (χ4n) is 15.9. The zero-order valence-corrected chi connectivity index (χ0v) is 45.8. The lowest BCUT2D eigenvalue weighted by Crippen LogP contribution is -2.69. The Labute approximate surface area is 450 Å². The maximum atomic E-state index is 13.4. The van der Waals surface area contributed by atoms with Crippen molar-refractivity contribution in [1.29, 1.82) is 0 Å². The van der Waals surface area contributed by atoms with Crippen LogP contribution in [0.15, 0.2) is 11.6 Å². The van der Waals surface area contributed by atoms with Crippen molar-refractivity contribution in [2.75, 3.05) is 19.8 Å². The SMILES string of the molecule is CCC1(C)C(C2CC(C)(C)CC(O)C2C)=CCC2C3(C)CCC(OC4OC(C(=O)O)C(OC5OC(CO)C(O)C(O)C5OC5OC(C)C(O)C(O)C5O)C(O)C4OC4OC(CO)C(O)C(O)C4O)C(C)(CO)C3CCC21C. The Morgan fingerprint density at radius 1 is 0.610 bits per heavy atom. The predicted octanol–water partition coefficient (Wildman–Crippen LogP) is -1.23. The number of hydrogen-bond donors (Lipinski definition) is 14. The molecule has 8 aliphatic rings. The summed E-state index contributed by atoms with van der Waals surface area (Å²) in [5.74, 6) is -1.44. The van der Waals surface area contributed by atoms with Crippen LogP contribution in [0.2, 0.25) is 0 Å². The molecule has 4 heterocycles. The minimum absolute atomic E-state index is 0.0308. The van der Waals surface area contributed by atoms with Crippen LogP contribution in [0.1, 0.15) is 114 Å². The van der Waals surface area contributed by atoms with Crippen LogP contribution in [0.5, 0.6) is 0 Å². The van der Waals surface area contributed by atoms with Crippen molar-refractivity contribution in [3.05, 3.63) is 11.6 Å². The number of carboxylic acids is 1. The molecular weight excluding hydrogens is 1020 g/mol. The Bertz CT molecular complexity index is 2070. The summed E-state index contributed by atoms with van der Waals surface area (Å²) in [4.78, 5) is 13.4. The molecule has 23 nitrogen and oxygen atoms in total. The van der Waals surface area contributed by atoms with Gasteiger partial charge in [0.25, 0.3) is 0 Å². The number of carboxylic acid groups (broad SMARTS) is 1. The number of aliphatic hydroxyl groups is 13. The normalized spacial score (nSPS) is 54.2. The van der Waals surface area contributed by atoms with Gasteiger partial charge >= 0.3 is 5.97 Å². The van der Waals surface area contributed by atoms with E-state index in [1.54, 1.807) is 0 Å². The molecule has 14 N–H and O–H groups in total. The molecule has 0 aromatic rings. The lowest BCUT2D eigenvalue weighted by atomic mass is 9.35. The zero-order chi connectivity index (χ0) is 56.8. The van der Waals surface area contributed by atoms with Crippen LogP contribution in [0.4, 0.5) is 0 Å². The van der Waals surface area contributed by atoms with E-state index in [1.807, 2.05) is 6.92 Å². The van der Waals surface area contributed by atoms with Crippen LogP contribution >= 0.6 is 0 Å². The molecule has 4 saturated heterocycles. The topological polar surface area (TPSA) is 374 Å². The van der Waals surface area contributed by atoms with Gasteiger partial charge in [-0.25, -0.2) is 4.79 Å². The lowest BCUT2D eigenvalue weighted by Gasteiger charge is -2.70. The molecule has 0 aromatic heterocycles. The highest BCUT2D eigenvalue weighted by molar-refractivity contribution is 5.73. The average Bonchev–Trinajstić information content (AvgIpc) is 3.41. The number of rotatable bonds is 14. The van der Waals surface area contributed by atoms with Gasteiger partial charge in [-0.3, -0.25) is 0 Å². The smallest absolute Gasteiger partial charge is 0.335 e. The van der Waals surface area contributed by atoms with Crippen LogP contribution in [-0.2, 0) is 42.7 Å². The van der Waals surface area contributed by atoms with E-state index in [4.69, 9.17) is 37.9 Å². The summed E-state index contributed by atoms with van der Waals surface area (Å²) < 4.78 is 48.3. The van der Waals surface area contributed by atoms with Crippen LogP contribution in [0.3, 0.4) is 0 Å². The van der Waals surface area contributed by atoms with Crippen molar-refractivity contribution in [1.82, 2.24) is 0 Å². The first-order chi connectivity index (χ1) is 36.0. The molecule has 0 amide bonds. The van der Waals surface area contributed by atoms with Crippen LogP contribution < -0.4 is 0 Å². The maximum Gasteiger partial charge on any atom is 0.335 e. The zero-order valence-electron chi connectivity index (χ0n) is 45.8. The first-order valence-electron chi connectivity index (χ1n) is 27.8. The summed E-state index contributed by atoms with van der Waals surface area (Å²) in [5.41, 5.74) is -0.406. The van der Waals surface area contributed by atoms with Gasteiger partial charge in [-0.15, -0.1) is 0 Å². The molecule has 0 aromatic carbocycles. The van der Waals surface area contributed by atoms with Crippen molar-refractivity contribution < 1.29 is 114 Å². The van der Waals surface area contributed by atoms with Gasteiger partial charge in [0.05, 0.1) is 38.1 Å². The van der Waals surface area contributed by atoms with Crippen LogP contribution in [-0.4, -0.2) is 232 Å². The molecule has 23 heteroatoms. The van der Waals surface area contributed by atoms with E-state index in [0.717, 1.165) is 32.1 Å². The van der Waals surface area contributed by atoms with Crippen molar-refractivity contribution in [3.8, 4) is 0 Å². The maximum absolute atomic E-state index is 13.4. The third kappa shape index (κ3) is 10.5. The van der Waals surface area contributed by atoms with E-state index < -0.39 is 160 Å². The van der Waals surface area contributed by atoms with E-state index in [-0.39, 0.29) is 51.9 Å². The van der Waals surface area contributed by atoms with Crippen molar-refractivity contribution in [3.63, 3.8) is 0 Å². The van der Waals surface area contributed by atoms with E-state index in [2.05, 4.69) is 54.5 Å². The van der Waals surface area contributed by atoms with Gasteiger partial charge < -0.3 is 109 Å².